The van der Waals surface area contributed by atoms with E-state index >= 15 is 0 Å². The van der Waals surface area contributed by atoms with Crippen molar-refractivity contribution >= 4 is 27.8 Å². The van der Waals surface area contributed by atoms with E-state index < -0.39 is 0 Å². The van der Waals surface area contributed by atoms with Crippen LogP contribution in [0.2, 0.25) is 0 Å². The molecule has 23 heavy (non-hydrogen) atoms. The van der Waals surface area contributed by atoms with E-state index in [2.05, 4.69) is 26.3 Å². The molecule has 0 amide bonds. The molecule has 114 valence electrons. The SMILES string of the molecule is CNc1nc(C)c2cc(-c3cc4cc(F)ccc4[nH]3)ccc2n1. The molecule has 0 unspecified atom stereocenters. The summed E-state index contributed by atoms with van der Waals surface area (Å²) >= 11 is 0. The Bertz CT molecular complexity index is 1040. The Hall–Kier alpha value is -2.95. The number of hydrogen-bond donors (Lipinski definition) is 2. The van der Waals surface area contributed by atoms with Crippen LogP contribution >= 0.6 is 0 Å². The van der Waals surface area contributed by atoms with Crippen LogP contribution in [0.5, 0.6) is 0 Å². The van der Waals surface area contributed by atoms with Gasteiger partial charge >= 0.3 is 0 Å². The first-order chi connectivity index (χ1) is 11.1. The van der Waals surface area contributed by atoms with Crippen molar-refractivity contribution in [3.8, 4) is 11.3 Å². The lowest BCUT2D eigenvalue weighted by atomic mass is 10.1. The number of anilines is 1. The molecule has 0 aliphatic carbocycles. The molecule has 0 spiro atoms. The van der Waals surface area contributed by atoms with E-state index in [4.69, 9.17) is 0 Å². The highest BCUT2D eigenvalue weighted by molar-refractivity contribution is 5.90. The smallest absolute Gasteiger partial charge is 0.223 e. The largest absolute Gasteiger partial charge is 0.357 e. The average Bonchev–Trinajstić information content (AvgIpc) is 2.97. The number of benzene rings is 2. The Balaban J connectivity index is 1.88. The van der Waals surface area contributed by atoms with Crippen molar-refractivity contribution in [1.82, 2.24) is 15.0 Å². The number of fused-ring (bicyclic) bond motifs is 2. The average molecular weight is 306 g/mol. The second-order valence-electron chi connectivity index (χ2n) is 5.53. The summed E-state index contributed by atoms with van der Waals surface area (Å²) in [7, 11) is 1.80. The highest BCUT2D eigenvalue weighted by Gasteiger charge is 2.08. The van der Waals surface area contributed by atoms with Gasteiger partial charge < -0.3 is 10.3 Å². The minimum atomic E-state index is -0.231. The van der Waals surface area contributed by atoms with E-state index in [1.165, 1.54) is 12.1 Å². The van der Waals surface area contributed by atoms with E-state index in [1.54, 1.807) is 13.1 Å². The summed E-state index contributed by atoms with van der Waals surface area (Å²) in [6.07, 6.45) is 0. The lowest BCUT2D eigenvalue weighted by Crippen LogP contribution is -1.98. The van der Waals surface area contributed by atoms with Gasteiger partial charge in [0.1, 0.15) is 5.82 Å². The second-order valence-corrected chi connectivity index (χ2v) is 5.53. The number of rotatable bonds is 2. The summed E-state index contributed by atoms with van der Waals surface area (Å²) in [5.74, 6) is 0.384. The normalized spacial score (nSPS) is 11.3. The molecule has 0 radical (unpaired) electrons. The number of hydrogen-bond acceptors (Lipinski definition) is 3. The van der Waals surface area contributed by atoms with Gasteiger partial charge in [-0.05, 0) is 48.9 Å². The van der Waals surface area contributed by atoms with Gasteiger partial charge in [0, 0.05) is 29.0 Å². The minimum absolute atomic E-state index is 0.231. The lowest BCUT2D eigenvalue weighted by Gasteiger charge is -2.06. The fourth-order valence-corrected chi connectivity index (χ4v) is 2.82. The van der Waals surface area contributed by atoms with Crippen LogP contribution in [-0.2, 0) is 0 Å². The maximum absolute atomic E-state index is 13.3. The molecule has 4 nitrogen and oxygen atoms in total. The maximum atomic E-state index is 13.3. The van der Waals surface area contributed by atoms with E-state index in [0.717, 1.165) is 38.8 Å². The van der Waals surface area contributed by atoms with E-state index in [-0.39, 0.29) is 5.82 Å². The number of halogens is 1. The number of aryl methyl sites for hydroxylation is 1. The summed E-state index contributed by atoms with van der Waals surface area (Å²) < 4.78 is 13.3. The molecule has 4 rings (SSSR count). The molecule has 5 heteroatoms. The van der Waals surface area contributed by atoms with Crippen LogP contribution in [0.25, 0.3) is 33.1 Å². The van der Waals surface area contributed by atoms with E-state index in [9.17, 15) is 4.39 Å². The molecule has 2 aromatic heterocycles. The first kappa shape index (κ1) is 13.7. The van der Waals surface area contributed by atoms with E-state index in [0.29, 0.717) is 5.95 Å². The van der Waals surface area contributed by atoms with Crippen LogP contribution in [-0.4, -0.2) is 22.0 Å². The summed E-state index contributed by atoms with van der Waals surface area (Å²) in [4.78, 5) is 12.2. The standard InChI is InChI=1S/C18H15FN4/c1-10-14-8-11(3-5-16(14)23-18(20-2)21-10)17-9-12-7-13(19)4-6-15(12)22-17/h3-9,22H,1-2H3,(H,20,21,23). The Morgan fingerprint density at radius 1 is 1.04 bits per heavy atom. The summed E-state index contributed by atoms with van der Waals surface area (Å²) in [6.45, 7) is 1.97. The number of nitrogens with zero attached hydrogens (tertiary/aromatic N) is 2. The van der Waals surface area contributed by atoms with Gasteiger partial charge in [0.05, 0.1) is 11.2 Å². The fraction of sp³-hybridized carbons (Fsp3) is 0.111. The zero-order valence-corrected chi connectivity index (χ0v) is 12.8. The van der Waals surface area contributed by atoms with Crippen molar-refractivity contribution in [2.75, 3.05) is 12.4 Å². The maximum Gasteiger partial charge on any atom is 0.223 e. The molecule has 2 heterocycles. The first-order valence-electron chi connectivity index (χ1n) is 7.39. The summed E-state index contributed by atoms with van der Waals surface area (Å²) in [6, 6.07) is 12.7. The molecule has 2 aromatic carbocycles. The fourth-order valence-electron chi connectivity index (χ4n) is 2.82. The number of aromatic amines is 1. The number of aromatic nitrogens is 3. The van der Waals surface area contributed by atoms with Crippen molar-refractivity contribution in [2.24, 2.45) is 0 Å². The van der Waals surface area contributed by atoms with Crippen molar-refractivity contribution in [3.05, 3.63) is 54.0 Å². The predicted octanol–water partition coefficient (Wildman–Crippen LogP) is 4.27. The van der Waals surface area contributed by atoms with Gasteiger partial charge in [-0.1, -0.05) is 6.07 Å². The molecule has 0 fully saturated rings. The Kier molecular flexibility index (Phi) is 3.01. The molecule has 0 saturated carbocycles. The topological polar surface area (TPSA) is 53.6 Å². The molecule has 0 atom stereocenters. The van der Waals surface area contributed by atoms with Gasteiger partial charge in [-0.2, -0.15) is 0 Å². The summed E-state index contributed by atoms with van der Waals surface area (Å²) in [5, 5.41) is 4.83. The quantitative estimate of drug-likeness (QED) is 0.581. The molecular weight excluding hydrogens is 291 g/mol. The van der Waals surface area contributed by atoms with Gasteiger partial charge in [0.15, 0.2) is 0 Å². The number of H-pyrrole nitrogens is 1. The van der Waals surface area contributed by atoms with Crippen molar-refractivity contribution in [3.63, 3.8) is 0 Å². The van der Waals surface area contributed by atoms with Gasteiger partial charge in [0.2, 0.25) is 5.95 Å². The van der Waals surface area contributed by atoms with Crippen LogP contribution in [0.15, 0.2) is 42.5 Å². The highest BCUT2D eigenvalue weighted by atomic mass is 19.1. The zero-order chi connectivity index (χ0) is 16.0. The Morgan fingerprint density at radius 2 is 1.91 bits per heavy atom. The predicted molar refractivity (Wildman–Crippen MR) is 91.1 cm³/mol. The molecule has 0 aliphatic heterocycles. The molecule has 0 bridgehead atoms. The second kappa shape index (κ2) is 5.05. The van der Waals surface area contributed by atoms with Crippen molar-refractivity contribution < 1.29 is 4.39 Å². The van der Waals surface area contributed by atoms with Crippen molar-refractivity contribution in [1.29, 1.82) is 0 Å². The van der Waals surface area contributed by atoms with Gasteiger partial charge in [-0.15, -0.1) is 0 Å². The third kappa shape index (κ3) is 2.30. The van der Waals surface area contributed by atoms with E-state index in [1.807, 2.05) is 25.1 Å². The zero-order valence-electron chi connectivity index (χ0n) is 12.8. The minimum Gasteiger partial charge on any atom is -0.357 e. The Labute approximate surface area is 132 Å². The van der Waals surface area contributed by atoms with Crippen LogP contribution in [0.4, 0.5) is 10.3 Å². The Morgan fingerprint density at radius 3 is 2.74 bits per heavy atom. The molecule has 4 aromatic rings. The van der Waals surface area contributed by atoms with Crippen LogP contribution in [0.1, 0.15) is 5.69 Å². The molecule has 0 aliphatic rings. The summed E-state index contributed by atoms with van der Waals surface area (Å²) in [5.41, 5.74) is 4.71. The molecule has 2 N–H and O–H groups in total. The first-order valence-corrected chi connectivity index (χ1v) is 7.39. The van der Waals surface area contributed by atoms with Crippen LogP contribution in [0.3, 0.4) is 0 Å². The van der Waals surface area contributed by atoms with Gasteiger partial charge in [-0.3, -0.25) is 0 Å². The van der Waals surface area contributed by atoms with Crippen LogP contribution < -0.4 is 5.32 Å². The van der Waals surface area contributed by atoms with Gasteiger partial charge in [-0.25, -0.2) is 14.4 Å². The monoisotopic (exact) mass is 306 g/mol. The van der Waals surface area contributed by atoms with Crippen molar-refractivity contribution in [2.45, 2.75) is 6.92 Å². The molecular formula is C18H15FN4. The van der Waals surface area contributed by atoms with Crippen LogP contribution in [0, 0.1) is 12.7 Å². The third-order valence-electron chi connectivity index (χ3n) is 4.00. The van der Waals surface area contributed by atoms with Gasteiger partial charge in [0.25, 0.3) is 0 Å². The number of nitrogens with one attached hydrogen (secondary N) is 2. The third-order valence-corrected chi connectivity index (χ3v) is 4.00. The lowest BCUT2D eigenvalue weighted by molar-refractivity contribution is 0.630. The molecule has 0 saturated heterocycles. The highest BCUT2D eigenvalue weighted by Crippen LogP contribution is 2.28.